The number of ether oxygens (including phenoxy) is 1. The fraction of sp³-hybridized carbons (Fsp3) is 0.472. The molecule has 0 saturated carbocycles. The van der Waals surface area contributed by atoms with Crippen molar-refractivity contribution in [2.24, 2.45) is 5.92 Å². The first-order valence-corrected chi connectivity index (χ1v) is 14.9. The van der Waals surface area contributed by atoms with Gasteiger partial charge >= 0.3 is 11.9 Å². The van der Waals surface area contributed by atoms with Crippen molar-refractivity contribution in [3.8, 4) is 5.75 Å². The normalized spacial score (nSPS) is 12.2. The van der Waals surface area contributed by atoms with E-state index in [4.69, 9.17) is 4.74 Å². The number of carboxylic acids is 1. The number of rotatable bonds is 11. The molecule has 2 atom stereocenters. The number of aryl methyl sites for hydroxylation is 3. The van der Waals surface area contributed by atoms with Gasteiger partial charge in [0.05, 0.1) is 6.42 Å². The Morgan fingerprint density at radius 3 is 1.88 bits per heavy atom. The van der Waals surface area contributed by atoms with E-state index in [1.54, 1.807) is 25.1 Å². The Labute approximate surface area is 249 Å². The maximum absolute atomic E-state index is 12.4. The van der Waals surface area contributed by atoms with Crippen LogP contribution >= 0.6 is 0 Å². The number of Topliss-reactive ketones (excluding diaryl/α,β-unsaturated/α-hetero) is 1. The smallest absolute Gasteiger partial charge is 0.332 e. The number of benzene rings is 2. The van der Waals surface area contributed by atoms with Crippen molar-refractivity contribution in [3.05, 3.63) is 88.0 Å². The predicted molar refractivity (Wildman–Crippen MR) is 173 cm³/mol. The topological polar surface area (TPSA) is 80.7 Å². The minimum atomic E-state index is -0.992. The van der Waals surface area contributed by atoms with Crippen LogP contribution in [-0.4, -0.2) is 22.8 Å². The van der Waals surface area contributed by atoms with Crippen molar-refractivity contribution in [2.45, 2.75) is 108 Å². The van der Waals surface area contributed by atoms with E-state index in [2.05, 4.69) is 0 Å². The molecule has 2 aromatic carbocycles. The Bertz CT molecular complexity index is 1120. The van der Waals surface area contributed by atoms with Crippen LogP contribution in [0.25, 0.3) is 0 Å². The van der Waals surface area contributed by atoms with Gasteiger partial charge in [-0.2, -0.15) is 0 Å². The average molecular weight is 567 g/mol. The second-order valence-corrected chi connectivity index (χ2v) is 9.31. The minimum Gasteiger partial charge on any atom is -0.478 e. The summed E-state index contributed by atoms with van der Waals surface area (Å²) in [6.45, 7) is 23.1. The number of carboxylic acid groups (broad SMARTS) is 1. The molecular weight excluding hydrogens is 512 g/mol. The van der Waals surface area contributed by atoms with E-state index in [0.717, 1.165) is 22.3 Å². The van der Waals surface area contributed by atoms with E-state index in [0.29, 0.717) is 29.7 Å². The maximum Gasteiger partial charge on any atom is 0.332 e. The summed E-state index contributed by atoms with van der Waals surface area (Å²) in [6, 6.07) is 13.2. The molecule has 0 aliphatic carbocycles. The quantitative estimate of drug-likeness (QED) is 0.127. The lowest BCUT2D eigenvalue weighted by Gasteiger charge is -2.22. The first-order valence-electron chi connectivity index (χ1n) is 14.9. The largest absolute Gasteiger partial charge is 0.478 e. The van der Waals surface area contributed by atoms with Crippen molar-refractivity contribution >= 4 is 17.7 Å². The molecule has 0 aromatic heterocycles. The van der Waals surface area contributed by atoms with Crippen LogP contribution in [0.3, 0.4) is 0 Å². The van der Waals surface area contributed by atoms with E-state index in [-0.39, 0.29) is 24.1 Å². The number of carbonyl (C=O) groups is 3. The number of esters is 1. The summed E-state index contributed by atoms with van der Waals surface area (Å²) >= 11 is 0. The molecule has 0 bridgehead atoms. The number of allylic oxidation sites excluding steroid dienone is 2. The van der Waals surface area contributed by atoms with E-state index in [1.807, 2.05) is 106 Å². The Hall–Kier alpha value is -3.47. The van der Waals surface area contributed by atoms with Crippen molar-refractivity contribution < 1.29 is 24.2 Å². The molecule has 0 aliphatic heterocycles. The summed E-state index contributed by atoms with van der Waals surface area (Å²) in [4.78, 5) is 36.4. The Morgan fingerprint density at radius 1 is 0.829 bits per heavy atom. The molecule has 5 heteroatoms. The van der Waals surface area contributed by atoms with Gasteiger partial charge in [0.2, 0.25) is 0 Å². The first kappa shape index (κ1) is 39.7. The van der Waals surface area contributed by atoms with Gasteiger partial charge in [-0.05, 0) is 76.3 Å². The van der Waals surface area contributed by atoms with Crippen LogP contribution < -0.4 is 4.74 Å². The van der Waals surface area contributed by atoms with Gasteiger partial charge < -0.3 is 9.84 Å². The van der Waals surface area contributed by atoms with Crippen LogP contribution in [0.5, 0.6) is 5.75 Å². The predicted octanol–water partition coefficient (Wildman–Crippen LogP) is 9.73. The fourth-order valence-electron chi connectivity index (χ4n) is 3.94. The number of hydrogen-bond donors (Lipinski definition) is 1. The SMILES string of the molecule is CC.CC.CC.CC(=O)[C@@H](C)C/C(C)=C(/C(=O)O)C(CC=CCC(=O)Oc1ccc(C)cc1)c1ccc(C)c(C)c1. The Kier molecular flexibility index (Phi) is 21.5. The van der Waals surface area contributed by atoms with Gasteiger partial charge in [0, 0.05) is 17.4 Å². The molecule has 0 aliphatic rings. The highest BCUT2D eigenvalue weighted by Crippen LogP contribution is 2.34. The third-order valence-corrected chi connectivity index (χ3v) is 6.35. The van der Waals surface area contributed by atoms with Crippen molar-refractivity contribution in [3.63, 3.8) is 0 Å². The summed E-state index contributed by atoms with van der Waals surface area (Å²) < 4.78 is 5.35. The van der Waals surface area contributed by atoms with Gasteiger partial charge in [0.1, 0.15) is 11.5 Å². The zero-order valence-corrected chi connectivity index (χ0v) is 27.6. The van der Waals surface area contributed by atoms with E-state index in [9.17, 15) is 19.5 Å². The van der Waals surface area contributed by atoms with Crippen LogP contribution in [0.1, 0.15) is 110 Å². The molecule has 1 unspecified atom stereocenters. The molecule has 1 N–H and O–H groups in total. The van der Waals surface area contributed by atoms with Crippen molar-refractivity contribution in [1.29, 1.82) is 0 Å². The number of aliphatic carboxylic acids is 1. The molecule has 228 valence electrons. The molecule has 0 amide bonds. The minimum absolute atomic E-state index is 0.0313. The zero-order valence-electron chi connectivity index (χ0n) is 27.6. The standard InChI is InChI=1S/C30H36O5.3C2H6/c1-19-11-15-26(16-12-19)35-28(32)10-8-7-9-27(25-14-13-20(2)21(3)18-25)29(30(33)34)23(5)17-22(4)24(6)31;3*1-2/h7-8,11-16,18,22,27H,9-10,17H2,1-6H3,(H,33,34);3*1-2H3/b8-7?,29-23+;;;/t22-,27?;;;/m0.../s1. The zero-order chi connectivity index (χ0) is 32.1. The summed E-state index contributed by atoms with van der Waals surface area (Å²) in [5.41, 5.74) is 5.18. The second kappa shape index (κ2) is 22.2. The monoisotopic (exact) mass is 566 g/mol. The van der Waals surface area contributed by atoms with Gasteiger partial charge in [0.15, 0.2) is 0 Å². The summed E-state index contributed by atoms with van der Waals surface area (Å²) in [5.74, 6) is -1.51. The van der Waals surface area contributed by atoms with Crippen LogP contribution in [0, 0.1) is 26.7 Å². The highest BCUT2D eigenvalue weighted by Gasteiger charge is 2.25. The van der Waals surface area contributed by atoms with E-state index >= 15 is 0 Å². The van der Waals surface area contributed by atoms with Gasteiger partial charge in [-0.1, -0.05) is 102 Å². The van der Waals surface area contributed by atoms with E-state index in [1.165, 1.54) is 6.92 Å². The number of ketones is 1. The van der Waals surface area contributed by atoms with Crippen molar-refractivity contribution in [1.82, 2.24) is 0 Å². The number of carbonyl (C=O) groups excluding carboxylic acids is 2. The van der Waals surface area contributed by atoms with Gasteiger partial charge in [0.25, 0.3) is 0 Å². The lowest BCUT2D eigenvalue weighted by molar-refractivity contribution is -0.134. The molecular formula is C36H54O5. The highest BCUT2D eigenvalue weighted by molar-refractivity contribution is 5.90. The van der Waals surface area contributed by atoms with Crippen LogP contribution in [0.15, 0.2) is 65.8 Å². The molecule has 2 aromatic rings. The molecule has 0 fully saturated rings. The molecule has 0 saturated heterocycles. The molecule has 2 rings (SSSR count). The Morgan fingerprint density at radius 2 is 1.39 bits per heavy atom. The fourth-order valence-corrected chi connectivity index (χ4v) is 3.94. The van der Waals surface area contributed by atoms with Crippen LogP contribution in [0.4, 0.5) is 0 Å². The van der Waals surface area contributed by atoms with Crippen LogP contribution in [0.2, 0.25) is 0 Å². The second-order valence-electron chi connectivity index (χ2n) is 9.31. The highest BCUT2D eigenvalue weighted by atomic mass is 16.5. The summed E-state index contributed by atoms with van der Waals surface area (Å²) in [6.07, 6.45) is 4.44. The third-order valence-electron chi connectivity index (χ3n) is 6.35. The van der Waals surface area contributed by atoms with E-state index < -0.39 is 11.9 Å². The van der Waals surface area contributed by atoms with Gasteiger partial charge in [-0.15, -0.1) is 0 Å². The van der Waals surface area contributed by atoms with Crippen LogP contribution in [-0.2, 0) is 14.4 Å². The Balaban J connectivity index is 0. The molecule has 41 heavy (non-hydrogen) atoms. The molecule has 0 radical (unpaired) electrons. The van der Waals surface area contributed by atoms with Gasteiger partial charge in [-0.25, -0.2) is 4.79 Å². The van der Waals surface area contributed by atoms with Gasteiger partial charge in [-0.3, -0.25) is 9.59 Å². The molecule has 0 heterocycles. The average Bonchev–Trinajstić information content (AvgIpc) is 2.96. The molecule has 0 spiro atoms. The summed E-state index contributed by atoms with van der Waals surface area (Å²) in [5, 5.41) is 10.1. The maximum atomic E-state index is 12.4. The lowest BCUT2D eigenvalue weighted by atomic mass is 9.82. The lowest BCUT2D eigenvalue weighted by Crippen LogP contribution is -2.16. The number of hydrogen-bond acceptors (Lipinski definition) is 4. The third kappa shape index (κ3) is 14.6. The molecule has 5 nitrogen and oxygen atoms in total. The first-order chi connectivity index (χ1) is 19.5. The summed E-state index contributed by atoms with van der Waals surface area (Å²) in [7, 11) is 0. The van der Waals surface area contributed by atoms with Crippen molar-refractivity contribution in [2.75, 3.05) is 0 Å².